The highest BCUT2D eigenvalue weighted by molar-refractivity contribution is 5.79. The molecule has 0 bridgehead atoms. The summed E-state index contributed by atoms with van der Waals surface area (Å²) in [5, 5.41) is 0. The number of aryl methyl sites for hydroxylation is 1. The van der Waals surface area contributed by atoms with Gasteiger partial charge in [0.25, 0.3) is 0 Å². The van der Waals surface area contributed by atoms with Gasteiger partial charge in [0.15, 0.2) is 23.3 Å². The number of allylic oxidation sites excluding steroid dienone is 2. The van der Waals surface area contributed by atoms with Gasteiger partial charge in [-0.05, 0) is 79.0 Å². The van der Waals surface area contributed by atoms with Crippen molar-refractivity contribution in [1.29, 1.82) is 0 Å². The fourth-order valence-electron chi connectivity index (χ4n) is 4.87. The lowest BCUT2D eigenvalue weighted by Crippen LogP contribution is -2.14. The van der Waals surface area contributed by atoms with Crippen molar-refractivity contribution >= 4 is 0 Å². The zero-order chi connectivity index (χ0) is 20.7. The molecule has 29 heavy (non-hydrogen) atoms. The van der Waals surface area contributed by atoms with E-state index >= 15 is 4.39 Å². The van der Waals surface area contributed by atoms with E-state index in [9.17, 15) is 13.2 Å². The number of benzene rings is 2. The Morgan fingerprint density at radius 2 is 1.45 bits per heavy atom. The maximum Gasteiger partial charge on any atom is 0.167 e. The molecule has 2 aromatic rings. The second-order valence-electron chi connectivity index (χ2n) is 8.18. The molecule has 0 aliphatic heterocycles. The molecule has 0 aromatic heterocycles. The van der Waals surface area contributed by atoms with Gasteiger partial charge in [-0.2, -0.15) is 0 Å². The van der Waals surface area contributed by atoms with Crippen molar-refractivity contribution < 1.29 is 17.6 Å². The molecule has 4 heteroatoms. The number of fused-ring (bicyclic) bond motifs is 3. The minimum absolute atomic E-state index is 0.0561. The molecule has 2 aliphatic carbocycles. The van der Waals surface area contributed by atoms with Crippen LogP contribution in [0.5, 0.6) is 0 Å². The van der Waals surface area contributed by atoms with Crippen LogP contribution in [0.25, 0.3) is 11.1 Å². The minimum Gasteiger partial charge on any atom is -0.203 e. The molecular formula is C25H24F4. The number of rotatable bonds is 5. The van der Waals surface area contributed by atoms with E-state index in [1.54, 1.807) is 18.2 Å². The van der Waals surface area contributed by atoms with E-state index in [0.29, 0.717) is 35.4 Å². The van der Waals surface area contributed by atoms with Crippen LogP contribution >= 0.6 is 0 Å². The van der Waals surface area contributed by atoms with E-state index in [-0.39, 0.29) is 29.0 Å². The Bertz CT molecular complexity index is 981. The summed E-state index contributed by atoms with van der Waals surface area (Å²) in [5.41, 5.74) is 1.43. The van der Waals surface area contributed by atoms with Crippen LogP contribution in [-0.2, 0) is 12.8 Å². The quantitative estimate of drug-likeness (QED) is 0.309. The fourth-order valence-corrected chi connectivity index (χ4v) is 4.87. The Hall–Kier alpha value is -2.36. The predicted octanol–water partition coefficient (Wildman–Crippen LogP) is 7.39. The van der Waals surface area contributed by atoms with Gasteiger partial charge in [0.05, 0.1) is 0 Å². The Morgan fingerprint density at radius 1 is 0.828 bits per heavy atom. The van der Waals surface area contributed by atoms with Gasteiger partial charge in [-0.3, -0.25) is 0 Å². The highest BCUT2D eigenvalue weighted by Crippen LogP contribution is 2.46. The van der Waals surface area contributed by atoms with Gasteiger partial charge < -0.3 is 0 Å². The Labute approximate surface area is 169 Å². The average Bonchev–Trinajstić information content (AvgIpc) is 3.11. The maximum absolute atomic E-state index is 15.1. The molecule has 2 aromatic carbocycles. The van der Waals surface area contributed by atoms with Gasteiger partial charge in [0, 0.05) is 11.1 Å². The summed E-state index contributed by atoms with van der Waals surface area (Å²) in [4.78, 5) is 0. The Balaban J connectivity index is 1.75. The van der Waals surface area contributed by atoms with E-state index in [1.807, 2.05) is 6.08 Å². The van der Waals surface area contributed by atoms with Crippen molar-refractivity contribution in [3.05, 3.63) is 83.0 Å². The monoisotopic (exact) mass is 400 g/mol. The van der Waals surface area contributed by atoms with Crippen molar-refractivity contribution in [2.24, 2.45) is 5.92 Å². The highest BCUT2D eigenvalue weighted by atomic mass is 19.2. The first-order valence-electron chi connectivity index (χ1n) is 10.2. The zero-order valence-electron chi connectivity index (χ0n) is 16.3. The van der Waals surface area contributed by atoms with Crippen LogP contribution < -0.4 is 0 Å². The molecule has 1 fully saturated rings. The molecule has 0 radical (unpaired) electrons. The van der Waals surface area contributed by atoms with Crippen molar-refractivity contribution in [3.8, 4) is 11.1 Å². The van der Waals surface area contributed by atoms with E-state index < -0.39 is 23.3 Å². The largest absolute Gasteiger partial charge is 0.203 e. The van der Waals surface area contributed by atoms with Crippen molar-refractivity contribution in [3.63, 3.8) is 0 Å². The Kier molecular flexibility index (Phi) is 5.37. The highest BCUT2D eigenvalue weighted by Gasteiger charge is 2.33. The minimum atomic E-state index is -1.09. The third kappa shape index (κ3) is 3.33. The van der Waals surface area contributed by atoms with Crippen LogP contribution in [0.4, 0.5) is 17.6 Å². The van der Waals surface area contributed by atoms with Gasteiger partial charge in [-0.1, -0.05) is 24.3 Å². The van der Waals surface area contributed by atoms with Crippen LogP contribution in [0, 0.1) is 29.2 Å². The molecule has 0 N–H and O–H groups in total. The molecule has 1 saturated carbocycles. The normalized spacial score (nSPS) is 20.3. The summed E-state index contributed by atoms with van der Waals surface area (Å²) < 4.78 is 59.4. The standard InChI is InChI=1S/C25H24F4/c1-3-5-6-16-11-17-12-18-13-19(15-9-7-14(4-2)8-10-15)23(27)25(29)21(18)20(17)24(28)22(16)26/h3-4,11,13-15H,1-2,5-10,12H2. The number of halogens is 4. The maximum atomic E-state index is 15.1. The van der Waals surface area contributed by atoms with Gasteiger partial charge in [-0.15, -0.1) is 13.2 Å². The summed E-state index contributed by atoms with van der Waals surface area (Å²) in [7, 11) is 0. The third-order valence-electron chi connectivity index (χ3n) is 6.47. The van der Waals surface area contributed by atoms with E-state index in [1.165, 1.54) is 0 Å². The molecular weight excluding hydrogens is 376 g/mol. The smallest absolute Gasteiger partial charge is 0.167 e. The lowest BCUT2D eigenvalue weighted by atomic mass is 9.78. The van der Waals surface area contributed by atoms with Crippen LogP contribution in [0.3, 0.4) is 0 Å². The molecule has 0 unspecified atom stereocenters. The van der Waals surface area contributed by atoms with Crippen LogP contribution in [0.15, 0.2) is 37.4 Å². The first-order valence-corrected chi connectivity index (χ1v) is 10.2. The van der Waals surface area contributed by atoms with Crippen molar-refractivity contribution in [2.45, 2.75) is 50.9 Å². The lowest BCUT2D eigenvalue weighted by molar-refractivity contribution is 0.364. The summed E-state index contributed by atoms with van der Waals surface area (Å²) in [6, 6.07) is 3.26. The first kappa shape index (κ1) is 19.9. The molecule has 0 saturated heterocycles. The molecule has 2 aliphatic rings. The second kappa shape index (κ2) is 7.81. The van der Waals surface area contributed by atoms with E-state index in [4.69, 9.17) is 0 Å². The lowest BCUT2D eigenvalue weighted by Gasteiger charge is -2.27. The van der Waals surface area contributed by atoms with E-state index in [2.05, 4.69) is 13.2 Å². The number of hydrogen-bond acceptors (Lipinski definition) is 0. The second-order valence-corrected chi connectivity index (χ2v) is 8.18. The fraction of sp³-hybridized carbons (Fsp3) is 0.360. The molecule has 0 nitrogen and oxygen atoms in total. The Morgan fingerprint density at radius 3 is 2.07 bits per heavy atom. The summed E-state index contributed by atoms with van der Waals surface area (Å²) in [6.45, 7) is 7.42. The van der Waals surface area contributed by atoms with Crippen molar-refractivity contribution in [2.75, 3.05) is 0 Å². The molecule has 152 valence electrons. The topological polar surface area (TPSA) is 0 Å². The van der Waals surface area contributed by atoms with Crippen LogP contribution in [0.1, 0.15) is 60.3 Å². The third-order valence-corrected chi connectivity index (χ3v) is 6.47. The van der Waals surface area contributed by atoms with Gasteiger partial charge in [-0.25, -0.2) is 17.6 Å². The molecule has 4 rings (SSSR count). The number of hydrogen-bond donors (Lipinski definition) is 0. The molecule has 0 heterocycles. The summed E-state index contributed by atoms with van der Waals surface area (Å²) in [6.07, 6.45) is 8.04. The first-order chi connectivity index (χ1) is 14.0. The van der Waals surface area contributed by atoms with Gasteiger partial charge in [0.1, 0.15) is 0 Å². The summed E-state index contributed by atoms with van der Waals surface area (Å²) >= 11 is 0. The molecule has 0 amide bonds. The average molecular weight is 400 g/mol. The molecule has 0 spiro atoms. The summed E-state index contributed by atoms with van der Waals surface area (Å²) in [5.74, 6) is -3.68. The van der Waals surface area contributed by atoms with Crippen molar-refractivity contribution in [1.82, 2.24) is 0 Å². The SMILES string of the molecule is C=CCCc1cc2c(c(F)c1F)-c1c(cc(C3CCC(C=C)CC3)c(F)c1F)C2. The van der Waals surface area contributed by atoms with Crippen LogP contribution in [-0.4, -0.2) is 0 Å². The van der Waals surface area contributed by atoms with E-state index in [0.717, 1.165) is 25.7 Å². The van der Waals surface area contributed by atoms with Gasteiger partial charge in [0.2, 0.25) is 0 Å². The zero-order valence-corrected chi connectivity index (χ0v) is 16.3. The van der Waals surface area contributed by atoms with Gasteiger partial charge >= 0.3 is 0 Å². The predicted molar refractivity (Wildman–Crippen MR) is 108 cm³/mol. The molecule has 0 atom stereocenters. The van der Waals surface area contributed by atoms with Crippen LogP contribution in [0.2, 0.25) is 0 Å².